The Morgan fingerprint density at radius 2 is 2.00 bits per heavy atom. The average molecular weight is 339 g/mol. The van der Waals surface area contributed by atoms with E-state index in [0.29, 0.717) is 6.54 Å². The molecule has 0 aromatic heterocycles. The summed E-state index contributed by atoms with van der Waals surface area (Å²) in [5, 5.41) is 2.60. The molecule has 1 aliphatic heterocycles. The third kappa shape index (κ3) is 2.87. The molecule has 0 radical (unpaired) electrons. The number of nitrogens with one attached hydrogen (secondary N) is 1. The third-order valence-corrected chi connectivity index (χ3v) is 4.41. The molecule has 2 amide bonds. The number of anilines is 1. The molecule has 1 aromatic rings. The maximum absolute atomic E-state index is 12.6. The number of halogens is 1. The summed E-state index contributed by atoms with van der Waals surface area (Å²) in [7, 11) is 1.60. The summed E-state index contributed by atoms with van der Waals surface area (Å²) in [6.45, 7) is 4.71. The molecule has 0 unspecified atom stereocenters. The molecule has 1 aliphatic rings. The second kappa shape index (κ2) is 5.56. The Bertz CT molecular complexity index is 525. The van der Waals surface area contributed by atoms with Gasteiger partial charge in [0.15, 0.2) is 0 Å². The van der Waals surface area contributed by atoms with Crippen LogP contribution in [-0.2, 0) is 9.59 Å². The quantitative estimate of drug-likeness (QED) is 0.920. The maximum atomic E-state index is 12.6. The van der Waals surface area contributed by atoms with Gasteiger partial charge in [-0.2, -0.15) is 0 Å². The molecule has 0 bridgehead atoms. The minimum atomic E-state index is -0.272. The van der Waals surface area contributed by atoms with Gasteiger partial charge in [-0.15, -0.1) is 0 Å². The van der Waals surface area contributed by atoms with Gasteiger partial charge in [0.25, 0.3) is 0 Å². The molecule has 1 heterocycles. The van der Waals surface area contributed by atoms with Crippen LogP contribution in [0, 0.1) is 11.3 Å². The predicted octanol–water partition coefficient (Wildman–Crippen LogP) is 2.57. The number of amides is 2. The molecule has 4 nitrogen and oxygen atoms in total. The Balaban J connectivity index is 2.24. The fourth-order valence-electron chi connectivity index (χ4n) is 2.61. The van der Waals surface area contributed by atoms with E-state index in [1.165, 1.54) is 0 Å². The standard InChI is InChI=1S/C15H19BrN2O2/c1-15(2)9-18(11-6-4-10(16)5-7-11)14(20)12(15)8-13(19)17-3/h4-7,12H,8-9H2,1-3H3,(H,17,19)/t12-/m1/s1. The highest BCUT2D eigenvalue weighted by Crippen LogP contribution is 2.40. The number of nitrogens with zero attached hydrogens (tertiary/aromatic N) is 1. The minimum absolute atomic E-state index is 0.0286. The Morgan fingerprint density at radius 1 is 1.40 bits per heavy atom. The smallest absolute Gasteiger partial charge is 0.231 e. The van der Waals surface area contributed by atoms with Crippen LogP contribution >= 0.6 is 15.9 Å². The van der Waals surface area contributed by atoms with E-state index in [9.17, 15) is 9.59 Å². The van der Waals surface area contributed by atoms with E-state index in [1.807, 2.05) is 38.1 Å². The van der Waals surface area contributed by atoms with Crippen LogP contribution in [0.2, 0.25) is 0 Å². The number of hydrogen-bond acceptors (Lipinski definition) is 2. The first-order valence-corrected chi connectivity index (χ1v) is 7.42. The molecule has 0 aliphatic carbocycles. The van der Waals surface area contributed by atoms with E-state index < -0.39 is 0 Å². The molecule has 0 spiro atoms. The highest BCUT2D eigenvalue weighted by molar-refractivity contribution is 9.10. The van der Waals surface area contributed by atoms with Crippen molar-refractivity contribution in [1.29, 1.82) is 0 Å². The first kappa shape index (κ1) is 15.0. The van der Waals surface area contributed by atoms with Crippen molar-refractivity contribution in [1.82, 2.24) is 5.32 Å². The van der Waals surface area contributed by atoms with Crippen LogP contribution in [0.5, 0.6) is 0 Å². The molecule has 108 valence electrons. The van der Waals surface area contributed by atoms with Crippen molar-refractivity contribution < 1.29 is 9.59 Å². The van der Waals surface area contributed by atoms with Gasteiger partial charge in [0.1, 0.15) is 0 Å². The molecular formula is C15H19BrN2O2. The molecule has 1 fully saturated rings. The van der Waals surface area contributed by atoms with E-state index in [-0.39, 0.29) is 29.6 Å². The zero-order valence-electron chi connectivity index (χ0n) is 11.9. The molecule has 1 saturated heterocycles. The lowest BCUT2D eigenvalue weighted by molar-refractivity contribution is -0.128. The molecule has 20 heavy (non-hydrogen) atoms. The van der Waals surface area contributed by atoms with Gasteiger partial charge >= 0.3 is 0 Å². The van der Waals surface area contributed by atoms with Gasteiger partial charge in [0.05, 0.1) is 5.92 Å². The number of carbonyl (C=O) groups is 2. The Hall–Kier alpha value is -1.36. The molecule has 1 aromatic carbocycles. The molecular weight excluding hydrogens is 320 g/mol. The highest BCUT2D eigenvalue weighted by atomic mass is 79.9. The van der Waals surface area contributed by atoms with Gasteiger partial charge < -0.3 is 10.2 Å². The summed E-state index contributed by atoms with van der Waals surface area (Å²) in [5.74, 6) is -0.332. The monoisotopic (exact) mass is 338 g/mol. The van der Waals surface area contributed by atoms with Crippen molar-refractivity contribution in [3.05, 3.63) is 28.7 Å². The Morgan fingerprint density at radius 3 is 2.55 bits per heavy atom. The molecule has 2 rings (SSSR count). The van der Waals surface area contributed by atoms with E-state index in [1.54, 1.807) is 11.9 Å². The Labute approximate surface area is 127 Å². The van der Waals surface area contributed by atoms with Crippen molar-refractivity contribution in [2.24, 2.45) is 11.3 Å². The third-order valence-electron chi connectivity index (χ3n) is 3.88. The van der Waals surface area contributed by atoms with E-state index >= 15 is 0 Å². The molecule has 1 N–H and O–H groups in total. The van der Waals surface area contributed by atoms with Crippen molar-refractivity contribution in [2.75, 3.05) is 18.5 Å². The topological polar surface area (TPSA) is 49.4 Å². The largest absolute Gasteiger partial charge is 0.359 e. The van der Waals surface area contributed by atoms with Crippen LogP contribution < -0.4 is 10.2 Å². The number of hydrogen-bond donors (Lipinski definition) is 1. The van der Waals surface area contributed by atoms with Crippen molar-refractivity contribution in [2.45, 2.75) is 20.3 Å². The first-order chi connectivity index (χ1) is 9.35. The summed E-state index contributed by atoms with van der Waals surface area (Å²) in [5.41, 5.74) is 0.669. The lowest BCUT2D eigenvalue weighted by Gasteiger charge is -2.23. The number of carbonyl (C=O) groups excluding carboxylic acids is 2. The average Bonchev–Trinajstić information content (AvgIpc) is 2.63. The van der Waals surface area contributed by atoms with Crippen LogP contribution in [-0.4, -0.2) is 25.4 Å². The van der Waals surface area contributed by atoms with Crippen molar-refractivity contribution >= 4 is 33.4 Å². The van der Waals surface area contributed by atoms with E-state index in [4.69, 9.17) is 0 Å². The van der Waals surface area contributed by atoms with Crippen LogP contribution in [0.3, 0.4) is 0 Å². The first-order valence-electron chi connectivity index (χ1n) is 6.62. The highest BCUT2D eigenvalue weighted by Gasteiger charge is 2.47. The van der Waals surface area contributed by atoms with Crippen LogP contribution in [0.15, 0.2) is 28.7 Å². The second-order valence-corrected chi connectivity index (χ2v) is 6.73. The van der Waals surface area contributed by atoms with E-state index in [0.717, 1.165) is 10.2 Å². The molecule has 1 atom stereocenters. The minimum Gasteiger partial charge on any atom is -0.359 e. The van der Waals surface area contributed by atoms with Gasteiger partial charge in [-0.25, -0.2) is 0 Å². The molecule has 5 heteroatoms. The number of rotatable bonds is 3. The van der Waals surface area contributed by atoms with Gasteiger partial charge in [0, 0.05) is 30.2 Å². The zero-order valence-corrected chi connectivity index (χ0v) is 13.5. The van der Waals surface area contributed by atoms with Crippen LogP contribution in [0.25, 0.3) is 0 Å². The van der Waals surface area contributed by atoms with E-state index in [2.05, 4.69) is 21.2 Å². The number of benzene rings is 1. The fraction of sp³-hybridized carbons (Fsp3) is 0.467. The normalized spacial score (nSPS) is 21.1. The predicted molar refractivity (Wildman–Crippen MR) is 82.4 cm³/mol. The maximum Gasteiger partial charge on any atom is 0.231 e. The molecule has 0 saturated carbocycles. The second-order valence-electron chi connectivity index (χ2n) is 5.82. The van der Waals surface area contributed by atoms with Gasteiger partial charge in [0.2, 0.25) is 11.8 Å². The summed E-state index contributed by atoms with van der Waals surface area (Å²) in [4.78, 5) is 26.0. The SMILES string of the molecule is CNC(=O)C[C@@H]1C(=O)N(c2ccc(Br)cc2)CC1(C)C. The fourth-order valence-corrected chi connectivity index (χ4v) is 2.87. The lowest BCUT2D eigenvalue weighted by Crippen LogP contribution is -2.31. The lowest BCUT2D eigenvalue weighted by atomic mass is 9.79. The van der Waals surface area contributed by atoms with Crippen LogP contribution in [0.4, 0.5) is 5.69 Å². The summed E-state index contributed by atoms with van der Waals surface area (Å²) >= 11 is 3.39. The summed E-state index contributed by atoms with van der Waals surface area (Å²) in [6, 6.07) is 7.67. The van der Waals surface area contributed by atoms with Crippen LogP contribution in [0.1, 0.15) is 20.3 Å². The zero-order chi connectivity index (χ0) is 14.9. The summed E-state index contributed by atoms with van der Waals surface area (Å²) < 4.78 is 0.981. The van der Waals surface area contributed by atoms with Gasteiger partial charge in [-0.05, 0) is 29.7 Å². The van der Waals surface area contributed by atoms with Crippen molar-refractivity contribution in [3.8, 4) is 0 Å². The van der Waals surface area contributed by atoms with Gasteiger partial charge in [-0.3, -0.25) is 9.59 Å². The van der Waals surface area contributed by atoms with Crippen molar-refractivity contribution in [3.63, 3.8) is 0 Å². The van der Waals surface area contributed by atoms with Gasteiger partial charge in [-0.1, -0.05) is 29.8 Å². The Kier molecular flexibility index (Phi) is 4.18. The summed E-state index contributed by atoms with van der Waals surface area (Å²) in [6.07, 6.45) is 0.245.